The van der Waals surface area contributed by atoms with Gasteiger partial charge in [0.05, 0.1) is 10.9 Å². The van der Waals surface area contributed by atoms with Crippen molar-refractivity contribution in [2.45, 2.75) is 61.1 Å². The van der Waals surface area contributed by atoms with Crippen LogP contribution in [0.5, 0.6) is 0 Å². The number of nitrogens with one attached hydrogen (secondary N) is 2. The summed E-state index contributed by atoms with van der Waals surface area (Å²) in [5.74, 6) is -1.62. The zero-order chi connectivity index (χ0) is 26.1. The first-order valence-electron chi connectivity index (χ1n) is 10.2. The van der Waals surface area contributed by atoms with Gasteiger partial charge in [0.1, 0.15) is 18.4 Å². The molecule has 0 aliphatic rings. The topological polar surface area (TPSA) is 128 Å². The lowest BCUT2D eigenvalue weighted by atomic mass is 10.0. The third kappa shape index (κ3) is 10.9. The molecule has 0 radical (unpaired) electrons. The number of sulfone groups is 1. The Morgan fingerprint density at radius 3 is 2.18 bits per heavy atom. The van der Waals surface area contributed by atoms with Gasteiger partial charge < -0.3 is 20.1 Å². The molecule has 2 amide bonds. The second-order valence-electron chi connectivity index (χ2n) is 8.35. The van der Waals surface area contributed by atoms with Crippen LogP contribution in [-0.4, -0.2) is 62.3 Å². The zero-order valence-corrected chi connectivity index (χ0v) is 21.6. The van der Waals surface area contributed by atoms with Gasteiger partial charge in [-0.3, -0.25) is 9.59 Å². The van der Waals surface area contributed by atoms with Gasteiger partial charge in [-0.25, -0.2) is 17.6 Å². The fourth-order valence-corrected chi connectivity index (χ4v) is 3.42. The largest absolute Gasteiger partial charge is 0.455 e. The summed E-state index contributed by atoms with van der Waals surface area (Å²) in [5.41, 5.74) is -0.420. The molecule has 0 aliphatic heterocycles. The van der Waals surface area contributed by atoms with Gasteiger partial charge in [0.25, 0.3) is 5.91 Å². The molecule has 1 aromatic rings. The number of carbonyl (C=O) groups excluding carboxylic acids is 3. The standard InChI is InChI=1S/C21H29Cl2FN2O7S/c1-21(2,3)33-20(29)25-11-5-6-16(27)32-17(15(12-24)26-19(28)18(22)23)13-7-9-14(10-8-13)34(4,30)31/h7-10,15,17-18H,5-6,11-12H2,1-4H3,(H,25,29)(H,26,28)/t15-,17-/m1/s1. The van der Waals surface area contributed by atoms with Crippen LogP contribution < -0.4 is 10.6 Å². The van der Waals surface area contributed by atoms with Gasteiger partial charge in [-0.05, 0) is 44.9 Å². The molecule has 0 spiro atoms. The average molecular weight is 543 g/mol. The Bertz CT molecular complexity index is 951. The fraction of sp³-hybridized carbons (Fsp3) is 0.571. The molecule has 2 atom stereocenters. The summed E-state index contributed by atoms with van der Waals surface area (Å²) >= 11 is 11.0. The molecule has 9 nitrogen and oxygen atoms in total. The number of carbonyl (C=O) groups is 3. The van der Waals surface area contributed by atoms with Crippen molar-refractivity contribution >= 4 is 51.0 Å². The molecule has 13 heteroatoms. The normalized spacial score (nSPS) is 13.6. The van der Waals surface area contributed by atoms with Gasteiger partial charge in [-0.2, -0.15) is 0 Å². The highest BCUT2D eigenvalue weighted by atomic mass is 35.5. The van der Waals surface area contributed by atoms with Crippen LogP contribution in [0.2, 0.25) is 0 Å². The number of alkyl carbamates (subject to hydrolysis) is 1. The van der Waals surface area contributed by atoms with Crippen LogP contribution in [-0.2, 0) is 28.9 Å². The van der Waals surface area contributed by atoms with E-state index in [2.05, 4.69) is 10.6 Å². The zero-order valence-electron chi connectivity index (χ0n) is 19.3. The summed E-state index contributed by atoms with van der Waals surface area (Å²) in [6.45, 7) is 4.13. The maximum atomic E-state index is 13.8. The van der Waals surface area contributed by atoms with E-state index in [1.165, 1.54) is 24.3 Å². The molecular weight excluding hydrogens is 514 g/mol. The Morgan fingerprint density at radius 1 is 1.12 bits per heavy atom. The smallest absolute Gasteiger partial charge is 0.407 e. The summed E-state index contributed by atoms with van der Waals surface area (Å²) in [6.07, 6.45) is -0.830. The summed E-state index contributed by atoms with van der Waals surface area (Å²) in [7, 11) is -3.49. The summed E-state index contributed by atoms with van der Waals surface area (Å²) in [6, 6.07) is 3.93. The lowest BCUT2D eigenvalue weighted by Crippen LogP contribution is -2.44. The Hall–Kier alpha value is -2.11. The Balaban J connectivity index is 2.91. The Labute approximate surface area is 208 Å². The van der Waals surface area contributed by atoms with Gasteiger partial charge in [-0.1, -0.05) is 35.3 Å². The van der Waals surface area contributed by atoms with Crippen molar-refractivity contribution in [2.75, 3.05) is 19.5 Å². The first kappa shape index (κ1) is 29.9. The van der Waals surface area contributed by atoms with Gasteiger partial charge >= 0.3 is 12.1 Å². The lowest BCUT2D eigenvalue weighted by molar-refractivity contribution is -0.152. The van der Waals surface area contributed by atoms with Crippen LogP contribution in [0.4, 0.5) is 9.18 Å². The van der Waals surface area contributed by atoms with E-state index in [9.17, 15) is 27.2 Å². The van der Waals surface area contributed by atoms with Crippen LogP contribution in [0.1, 0.15) is 45.3 Å². The molecule has 0 saturated carbocycles. The van der Waals surface area contributed by atoms with E-state index in [1.807, 2.05) is 0 Å². The summed E-state index contributed by atoms with van der Waals surface area (Å²) in [4.78, 5) is 34.5. The molecule has 0 saturated heterocycles. The molecule has 0 heterocycles. The highest BCUT2D eigenvalue weighted by molar-refractivity contribution is 7.90. The van der Waals surface area contributed by atoms with E-state index in [1.54, 1.807) is 20.8 Å². The molecular formula is C21H29Cl2FN2O7S. The molecule has 34 heavy (non-hydrogen) atoms. The van der Waals surface area contributed by atoms with Crippen LogP contribution in [0.3, 0.4) is 0 Å². The number of alkyl halides is 3. The first-order chi connectivity index (χ1) is 15.6. The second-order valence-corrected chi connectivity index (χ2v) is 11.5. The molecule has 2 N–H and O–H groups in total. The number of rotatable bonds is 11. The first-order valence-corrected chi connectivity index (χ1v) is 13.0. The predicted molar refractivity (Wildman–Crippen MR) is 125 cm³/mol. The molecule has 1 aromatic carbocycles. The summed E-state index contributed by atoms with van der Waals surface area (Å²) < 4.78 is 47.7. The van der Waals surface area contributed by atoms with Crippen molar-refractivity contribution in [1.82, 2.24) is 10.6 Å². The maximum Gasteiger partial charge on any atom is 0.407 e. The maximum absolute atomic E-state index is 13.8. The Kier molecular flexibility index (Phi) is 11.5. The van der Waals surface area contributed by atoms with Crippen molar-refractivity contribution in [3.05, 3.63) is 29.8 Å². The number of benzene rings is 1. The lowest BCUT2D eigenvalue weighted by Gasteiger charge is -2.27. The van der Waals surface area contributed by atoms with E-state index in [0.29, 0.717) is 0 Å². The minimum Gasteiger partial charge on any atom is -0.455 e. The molecule has 1 rings (SSSR count). The minimum atomic E-state index is -3.49. The van der Waals surface area contributed by atoms with E-state index in [4.69, 9.17) is 32.7 Å². The van der Waals surface area contributed by atoms with E-state index >= 15 is 0 Å². The summed E-state index contributed by atoms with van der Waals surface area (Å²) in [5, 5.41) is 4.77. The predicted octanol–water partition coefficient (Wildman–Crippen LogP) is 3.24. The molecule has 0 fully saturated rings. The van der Waals surface area contributed by atoms with Crippen molar-refractivity contribution in [1.29, 1.82) is 0 Å². The highest BCUT2D eigenvalue weighted by Gasteiger charge is 2.30. The highest BCUT2D eigenvalue weighted by Crippen LogP contribution is 2.25. The second kappa shape index (κ2) is 13.1. The van der Waals surface area contributed by atoms with Gasteiger partial charge in [-0.15, -0.1) is 0 Å². The van der Waals surface area contributed by atoms with Gasteiger partial charge in [0, 0.05) is 19.2 Å². The monoisotopic (exact) mass is 542 g/mol. The quantitative estimate of drug-likeness (QED) is 0.249. The number of ether oxygens (including phenoxy) is 2. The third-order valence-corrected chi connectivity index (χ3v) is 5.70. The molecule has 0 unspecified atom stereocenters. The number of halogens is 3. The fourth-order valence-electron chi connectivity index (χ4n) is 2.67. The van der Waals surface area contributed by atoms with Crippen molar-refractivity contribution in [3.63, 3.8) is 0 Å². The van der Waals surface area contributed by atoms with E-state index in [0.717, 1.165) is 6.26 Å². The van der Waals surface area contributed by atoms with Crippen molar-refractivity contribution in [3.8, 4) is 0 Å². The van der Waals surface area contributed by atoms with Crippen molar-refractivity contribution in [2.24, 2.45) is 0 Å². The average Bonchev–Trinajstić information content (AvgIpc) is 2.71. The van der Waals surface area contributed by atoms with Crippen molar-refractivity contribution < 1.29 is 36.7 Å². The number of esters is 1. The number of hydrogen-bond donors (Lipinski definition) is 2. The third-order valence-electron chi connectivity index (χ3n) is 4.18. The molecule has 0 aliphatic carbocycles. The minimum absolute atomic E-state index is 0.0111. The van der Waals surface area contributed by atoms with E-state index in [-0.39, 0.29) is 29.8 Å². The van der Waals surface area contributed by atoms with Crippen LogP contribution in [0, 0.1) is 0 Å². The van der Waals surface area contributed by atoms with Gasteiger partial charge in [0.2, 0.25) is 0 Å². The number of hydrogen-bond acceptors (Lipinski definition) is 7. The van der Waals surface area contributed by atoms with Crippen LogP contribution >= 0.6 is 23.2 Å². The van der Waals surface area contributed by atoms with E-state index < -0.39 is 57.1 Å². The number of amides is 2. The van der Waals surface area contributed by atoms with Gasteiger partial charge in [0.15, 0.2) is 14.7 Å². The molecule has 192 valence electrons. The molecule has 0 aromatic heterocycles. The SMILES string of the molecule is CC(C)(C)OC(=O)NCCCC(=O)O[C@H](c1ccc(S(C)(=O)=O)cc1)[C@@H](CF)NC(=O)C(Cl)Cl. The van der Waals surface area contributed by atoms with Crippen LogP contribution in [0.15, 0.2) is 29.2 Å². The Morgan fingerprint density at radius 2 is 1.71 bits per heavy atom. The van der Waals surface area contributed by atoms with Crippen LogP contribution in [0.25, 0.3) is 0 Å². The molecule has 0 bridgehead atoms.